The van der Waals surface area contributed by atoms with Crippen molar-refractivity contribution in [3.63, 3.8) is 0 Å². The number of benzene rings is 2. The van der Waals surface area contributed by atoms with Crippen LogP contribution in [0.3, 0.4) is 0 Å². The van der Waals surface area contributed by atoms with Crippen LogP contribution in [0, 0.1) is 5.41 Å². The van der Waals surface area contributed by atoms with Gasteiger partial charge in [0.25, 0.3) is 0 Å². The first kappa shape index (κ1) is 39.6. The van der Waals surface area contributed by atoms with Crippen LogP contribution < -0.4 is 4.74 Å². The Hall–Kier alpha value is -2.86. The van der Waals surface area contributed by atoms with Gasteiger partial charge in [0.05, 0.1) is 45.7 Å². The summed E-state index contributed by atoms with van der Waals surface area (Å²) in [5.41, 5.74) is 1.35. The molecule has 0 radical (unpaired) electrons. The fourth-order valence-corrected chi connectivity index (χ4v) is 6.54. The van der Waals surface area contributed by atoms with Crippen LogP contribution in [-0.2, 0) is 50.9 Å². The van der Waals surface area contributed by atoms with Crippen molar-refractivity contribution in [2.45, 2.75) is 110 Å². The maximum absolute atomic E-state index is 14.2. The van der Waals surface area contributed by atoms with Gasteiger partial charge in [-0.25, -0.2) is 4.79 Å². The minimum atomic E-state index is -2.19. The lowest BCUT2D eigenvalue weighted by Crippen LogP contribution is -2.62. The standard InChI is InChI=1S/C38H56O9Si/c1-27(44-24-28-15-13-12-14-16-28)33(45-25-29-17-19-31(41-7)20-18-29)23-32-21-30(22-34(39)42-8)35(40)38(43-9,47-32)37(5,6)26-46-48(10,11)36(2,3)4/h12-20,22,27,32-33H,21,23-26H2,1-11H3/b30-22+/t27-,32?,33?,38?/m0/s1. The van der Waals surface area contributed by atoms with Gasteiger partial charge in [0.2, 0.25) is 11.6 Å². The van der Waals surface area contributed by atoms with Gasteiger partial charge in [0.1, 0.15) is 5.75 Å². The molecule has 3 unspecified atom stereocenters. The molecule has 9 nitrogen and oxygen atoms in total. The third-order valence-corrected chi connectivity index (χ3v) is 14.1. The summed E-state index contributed by atoms with van der Waals surface area (Å²) < 4.78 is 42.5. The molecule has 1 aliphatic heterocycles. The lowest BCUT2D eigenvalue weighted by Gasteiger charge is -2.50. The van der Waals surface area contributed by atoms with Gasteiger partial charge in [-0.2, -0.15) is 0 Å². The molecular weight excluding hydrogens is 628 g/mol. The molecule has 4 atom stereocenters. The van der Waals surface area contributed by atoms with Gasteiger partial charge in [-0.15, -0.1) is 0 Å². The number of hydrogen-bond donors (Lipinski definition) is 0. The second-order valence-electron chi connectivity index (χ2n) is 14.7. The van der Waals surface area contributed by atoms with Gasteiger partial charge in [0, 0.05) is 43.6 Å². The zero-order valence-electron chi connectivity index (χ0n) is 30.7. The molecule has 2 aromatic rings. The summed E-state index contributed by atoms with van der Waals surface area (Å²) in [6.45, 7) is 17.6. The molecule has 1 aliphatic rings. The molecule has 48 heavy (non-hydrogen) atoms. The molecule has 0 saturated carbocycles. The minimum absolute atomic E-state index is 0.0381. The molecule has 0 spiro atoms. The average molecular weight is 685 g/mol. The van der Waals surface area contributed by atoms with Crippen molar-refractivity contribution in [2.24, 2.45) is 5.41 Å². The molecule has 1 heterocycles. The van der Waals surface area contributed by atoms with Crippen molar-refractivity contribution < 1.29 is 42.4 Å². The Morgan fingerprint density at radius 3 is 2.12 bits per heavy atom. The number of ether oxygens (including phenoxy) is 6. The Labute approximate surface area is 288 Å². The molecule has 3 rings (SSSR count). The first-order valence-corrected chi connectivity index (χ1v) is 19.5. The second kappa shape index (κ2) is 16.7. The highest BCUT2D eigenvalue weighted by Crippen LogP contribution is 2.46. The molecule has 266 valence electrons. The van der Waals surface area contributed by atoms with Crippen LogP contribution >= 0.6 is 0 Å². The second-order valence-corrected chi connectivity index (χ2v) is 19.5. The number of carbonyl (C=O) groups excluding carboxylic acids is 2. The lowest BCUT2D eigenvalue weighted by atomic mass is 9.76. The van der Waals surface area contributed by atoms with E-state index in [1.807, 2.05) is 75.4 Å². The monoisotopic (exact) mass is 684 g/mol. The predicted octanol–water partition coefficient (Wildman–Crippen LogP) is 7.42. The van der Waals surface area contributed by atoms with E-state index in [2.05, 4.69) is 33.9 Å². The van der Waals surface area contributed by atoms with Crippen LogP contribution in [-0.4, -0.2) is 72.1 Å². The highest BCUT2D eigenvalue weighted by atomic mass is 28.4. The van der Waals surface area contributed by atoms with Crippen molar-refractivity contribution in [2.75, 3.05) is 27.9 Å². The van der Waals surface area contributed by atoms with E-state index in [0.29, 0.717) is 19.6 Å². The van der Waals surface area contributed by atoms with Crippen molar-refractivity contribution in [1.82, 2.24) is 0 Å². The van der Waals surface area contributed by atoms with Crippen LogP contribution in [0.4, 0.5) is 0 Å². The summed E-state index contributed by atoms with van der Waals surface area (Å²) in [5, 5.41) is -0.0381. The van der Waals surface area contributed by atoms with E-state index >= 15 is 0 Å². The predicted molar refractivity (Wildman–Crippen MR) is 188 cm³/mol. The van der Waals surface area contributed by atoms with Crippen LogP contribution in [0.1, 0.15) is 65.5 Å². The fraction of sp³-hybridized carbons (Fsp3) is 0.579. The zero-order valence-corrected chi connectivity index (χ0v) is 31.7. The average Bonchev–Trinajstić information content (AvgIpc) is 3.06. The van der Waals surface area contributed by atoms with E-state index in [9.17, 15) is 9.59 Å². The summed E-state index contributed by atoms with van der Waals surface area (Å²) in [6.07, 6.45) is 0.446. The Morgan fingerprint density at radius 2 is 1.56 bits per heavy atom. The molecule has 10 heteroatoms. The summed E-state index contributed by atoms with van der Waals surface area (Å²) in [5.74, 6) is -2.01. The molecule has 1 fully saturated rings. The summed E-state index contributed by atoms with van der Waals surface area (Å²) in [4.78, 5) is 26.7. The SMILES string of the molecule is COC(=O)/C=C1\CC(CC(OCc2ccc(OC)cc2)[C@H](C)OCc2ccccc2)OC(OC)(C(C)(C)CO[Si](C)(C)C(C)(C)C)C1=O. The number of carbonyl (C=O) groups is 2. The molecule has 0 aromatic heterocycles. The van der Waals surface area contributed by atoms with Gasteiger partial charge in [-0.05, 0) is 48.3 Å². The number of Topliss-reactive ketones (excluding diaryl/α,β-unsaturated/α-hetero) is 1. The van der Waals surface area contributed by atoms with Gasteiger partial charge in [-0.3, -0.25) is 4.79 Å². The van der Waals surface area contributed by atoms with E-state index in [-0.39, 0.29) is 29.7 Å². The first-order chi connectivity index (χ1) is 22.5. The van der Waals surface area contributed by atoms with Gasteiger partial charge >= 0.3 is 5.97 Å². The molecule has 0 aliphatic carbocycles. The smallest absolute Gasteiger partial charge is 0.330 e. The summed E-state index contributed by atoms with van der Waals surface area (Å²) >= 11 is 0. The van der Waals surface area contributed by atoms with Crippen molar-refractivity contribution in [3.05, 3.63) is 77.4 Å². The number of ketones is 1. The largest absolute Gasteiger partial charge is 0.497 e. The first-order valence-electron chi connectivity index (χ1n) is 16.6. The van der Waals surface area contributed by atoms with E-state index in [1.54, 1.807) is 7.11 Å². The van der Waals surface area contributed by atoms with Gasteiger partial charge in [0.15, 0.2) is 8.32 Å². The molecule has 0 amide bonds. The van der Waals surface area contributed by atoms with Crippen LogP contribution in [0.15, 0.2) is 66.2 Å². The maximum atomic E-state index is 14.2. The highest BCUT2D eigenvalue weighted by molar-refractivity contribution is 6.74. The Morgan fingerprint density at radius 1 is 0.958 bits per heavy atom. The van der Waals surface area contributed by atoms with E-state index in [4.69, 9.17) is 32.8 Å². The van der Waals surface area contributed by atoms with E-state index < -0.39 is 43.5 Å². The van der Waals surface area contributed by atoms with Crippen molar-refractivity contribution >= 4 is 20.1 Å². The molecular formula is C38H56O9Si. The Kier molecular flexibility index (Phi) is 13.8. The molecule has 0 N–H and O–H groups in total. The summed E-state index contributed by atoms with van der Waals surface area (Å²) in [6, 6.07) is 17.6. The van der Waals surface area contributed by atoms with Gasteiger partial charge in [-0.1, -0.05) is 77.1 Å². The van der Waals surface area contributed by atoms with Crippen LogP contribution in [0.2, 0.25) is 18.1 Å². The summed E-state index contributed by atoms with van der Waals surface area (Å²) in [7, 11) is 2.19. The zero-order chi connectivity index (χ0) is 35.8. The normalized spacial score (nSPS) is 21.2. The molecule has 2 aromatic carbocycles. The Balaban J connectivity index is 1.95. The lowest BCUT2D eigenvalue weighted by molar-refractivity contribution is -0.293. The highest BCUT2D eigenvalue weighted by Gasteiger charge is 2.58. The van der Waals surface area contributed by atoms with Crippen molar-refractivity contribution in [1.29, 1.82) is 0 Å². The topological polar surface area (TPSA) is 98.8 Å². The number of esters is 1. The third-order valence-electron chi connectivity index (χ3n) is 9.64. The molecule has 0 bridgehead atoms. The number of rotatable bonds is 16. The number of hydrogen-bond acceptors (Lipinski definition) is 9. The van der Waals surface area contributed by atoms with Crippen LogP contribution in [0.5, 0.6) is 5.75 Å². The molecule has 1 saturated heterocycles. The number of methoxy groups -OCH3 is 3. The van der Waals surface area contributed by atoms with Gasteiger partial charge < -0.3 is 32.8 Å². The van der Waals surface area contributed by atoms with E-state index in [0.717, 1.165) is 16.9 Å². The fourth-order valence-electron chi connectivity index (χ4n) is 5.38. The quantitative estimate of drug-likeness (QED) is 0.102. The minimum Gasteiger partial charge on any atom is -0.497 e. The van der Waals surface area contributed by atoms with Crippen molar-refractivity contribution in [3.8, 4) is 5.75 Å². The maximum Gasteiger partial charge on any atom is 0.330 e. The third kappa shape index (κ3) is 9.86. The van der Waals surface area contributed by atoms with Crippen LogP contribution in [0.25, 0.3) is 0 Å². The Bertz CT molecular complexity index is 1360. The van der Waals surface area contributed by atoms with E-state index in [1.165, 1.54) is 20.3 Å².